The average Bonchev–Trinajstić information content (AvgIpc) is 1.61. The first-order chi connectivity index (χ1) is 41.6. The summed E-state index contributed by atoms with van der Waals surface area (Å²) < 4.78 is 27.9. The van der Waals surface area contributed by atoms with Crippen LogP contribution in [0.3, 0.4) is 0 Å². The summed E-state index contributed by atoms with van der Waals surface area (Å²) in [7, 11) is 0. The van der Waals surface area contributed by atoms with Crippen molar-refractivity contribution in [2.75, 3.05) is 0 Å². The number of fused-ring (bicyclic) bond motifs is 21. The molecule has 18 aromatic rings. The highest BCUT2D eigenvalue weighted by Crippen LogP contribution is 2.54. The molecule has 0 aliphatic rings. The Hall–Kier alpha value is -12.1. The van der Waals surface area contributed by atoms with E-state index in [-0.39, 0.29) is 0 Å². The fourth-order valence-electron chi connectivity index (χ4n) is 13.9. The zero-order valence-corrected chi connectivity index (χ0v) is 44.3. The molecule has 386 valence electrons. The highest BCUT2D eigenvalue weighted by molar-refractivity contribution is 6.28. The minimum atomic E-state index is 0.334. The van der Waals surface area contributed by atoms with E-state index >= 15 is 0 Å². The molecule has 84 heavy (non-hydrogen) atoms. The molecule has 0 unspecified atom stereocenters. The molecule has 0 fully saturated rings. The van der Waals surface area contributed by atoms with Crippen molar-refractivity contribution in [3.05, 3.63) is 247 Å². The topological polar surface area (TPSA) is 126 Å². The first-order valence-corrected chi connectivity index (χ1v) is 27.7. The molecule has 0 spiro atoms. The predicted molar refractivity (Wildman–Crippen MR) is 336 cm³/mol. The summed E-state index contributed by atoms with van der Waals surface area (Å²) in [6.45, 7) is 0. The molecule has 12 aromatic carbocycles. The van der Waals surface area contributed by atoms with E-state index in [9.17, 15) is 15.8 Å². The molecule has 18 rings (SSSR count). The van der Waals surface area contributed by atoms with Crippen molar-refractivity contribution in [1.82, 2.24) is 13.7 Å². The van der Waals surface area contributed by atoms with Gasteiger partial charge < -0.3 is 27.0 Å². The van der Waals surface area contributed by atoms with Gasteiger partial charge in [-0.05, 0) is 108 Å². The standard InChI is InChI=1S/C75H38N6O3/c76-39-42-15-13-17-44(37-42)65-55(41-78)66(45-18-14-16-43(38-45)40-77)71(80-57-26-8-2-23-53(57)68-60(80)35-32-50-47-20-5-11-29-63(47)83-74(50)68)72(81-58-27-9-3-24-54(58)69-61(81)36-33-51-48-21-6-12-30-64(48)84-75(51)69)70(65)79-56-25-7-1-22-52(56)67-59(79)34-31-49-46-19-4-10-28-62(46)82-73(49)67/h1-38H. The monoisotopic (exact) mass is 1070 g/mol. The predicted octanol–water partition coefficient (Wildman–Crippen LogP) is 19.6. The Morgan fingerprint density at radius 2 is 0.607 bits per heavy atom. The lowest BCUT2D eigenvalue weighted by Gasteiger charge is -2.29. The fraction of sp³-hybridized carbons (Fsp3) is 0. The van der Waals surface area contributed by atoms with Crippen LogP contribution in [0.1, 0.15) is 16.7 Å². The van der Waals surface area contributed by atoms with Gasteiger partial charge in [0.05, 0.1) is 95.1 Å². The maximum Gasteiger partial charge on any atom is 0.145 e. The van der Waals surface area contributed by atoms with Gasteiger partial charge in [0.15, 0.2) is 0 Å². The van der Waals surface area contributed by atoms with E-state index in [0.717, 1.165) is 131 Å². The minimum absolute atomic E-state index is 0.334. The Labute approximate surface area is 476 Å². The van der Waals surface area contributed by atoms with Gasteiger partial charge in [0.2, 0.25) is 0 Å². The SMILES string of the molecule is N#Cc1cccc(-c2c(C#N)c(-c3cccc(C#N)c3)c(-n3c4ccccc4c4c5oc6ccccc6c5ccc43)c(-n3c4ccccc4c4c5oc6ccccc6c5ccc43)c2-n2c3ccccc3c3c4oc5ccccc5c4ccc32)c1. The molecular weight excluding hydrogens is 1030 g/mol. The Bertz CT molecular complexity index is 5840. The van der Waals surface area contributed by atoms with E-state index in [1.165, 1.54) is 0 Å². The lowest BCUT2D eigenvalue weighted by Crippen LogP contribution is -2.14. The molecule has 0 aliphatic carbocycles. The fourth-order valence-corrected chi connectivity index (χ4v) is 13.9. The molecule has 6 aromatic heterocycles. The second-order valence-electron chi connectivity index (χ2n) is 21.5. The van der Waals surface area contributed by atoms with Crippen LogP contribution in [-0.4, -0.2) is 13.7 Å². The molecule has 0 atom stereocenters. The van der Waals surface area contributed by atoms with Gasteiger partial charge in [-0.25, -0.2) is 0 Å². The molecular formula is C75H38N6O3. The van der Waals surface area contributed by atoms with Crippen molar-refractivity contribution in [2.24, 2.45) is 0 Å². The smallest absolute Gasteiger partial charge is 0.145 e. The lowest BCUT2D eigenvalue weighted by molar-refractivity contribution is 0.672. The van der Waals surface area contributed by atoms with E-state index in [1.807, 2.05) is 91.0 Å². The first kappa shape index (κ1) is 45.7. The number of hydrogen-bond donors (Lipinski definition) is 0. The number of benzene rings is 12. The van der Waals surface area contributed by atoms with Crippen molar-refractivity contribution >= 4 is 131 Å². The van der Waals surface area contributed by atoms with Gasteiger partial charge in [0, 0.05) is 59.6 Å². The molecule has 6 heterocycles. The summed E-state index contributed by atoms with van der Waals surface area (Å²) >= 11 is 0. The molecule has 0 radical (unpaired) electrons. The number of rotatable bonds is 5. The maximum atomic E-state index is 12.6. The minimum Gasteiger partial charge on any atom is -0.455 e. The van der Waals surface area contributed by atoms with Crippen LogP contribution in [0.2, 0.25) is 0 Å². The summed E-state index contributed by atoms with van der Waals surface area (Å²) in [5, 5.41) is 45.8. The normalized spacial score (nSPS) is 12.0. The Morgan fingerprint density at radius 1 is 0.274 bits per heavy atom. The molecule has 0 N–H and O–H groups in total. The summed E-state index contributed by atoms with van der Waals surface area (Å²) in [5.74, 6) is 0. The van der Waals surface area contributed by atoms with E-state index in [0.29, 0.717) is 56.0 Å². The number of furan rings is 3. The highest BCUT2D eigenvalue weighted by atomic mass is 16.3. The number of aromatic nitrogens is 3. The van der Waals surface area contributed by atoms with Gasteiger partial charge in [0.1, 0.15) is 39.6 Å². The summed E-state index contributed by atoms with van der Waals surface area (Å²) in [6.07, 6.45) is 0. The maximum absolute atomic E-state index is 12.6. The highest BCUT2D eigenvalue weighted by Gasteiger charge is 2.35. The van der Waals surface area contributed by atoms with Crippen LogP contribution in [0.5, 0.6) is 0 Å². The van der Waals surface area contributed by atoms with Crippen LogP contribution < -0.4 is 0 Å². The van der Waals surface area contributed by atoms with Gasteiger partial charge in [-0.15, -0.1) is 0 Å². The average molecular weight is 1070 g/mol. The molecule has 0 aliphatic heterocycles. The number of para-hydroxylation sites is 6. The van der Waals surface area contributed by atoms with Crippen LogP contribution in [0, 0.1) is 34.0 Å². The van der Waals surface area contributed by atoms with Crippen molar-refractivity contribution in [3.8, 4) is 57.5 Å². The number of hydrogen-bond acceptors (Lipinski definition) is 6. The van der Waals surface area contributed by atoms with Crippen molar-refractivity contribution in [1.29, 1.82) is 15.8 Å². The lowest BCUT2D eigenvalue weighted by atomic mass is 9.86. The van der Waals surface area contributed by atoms with Gasteiger partial charge in [-0.3, -0.25) is 0 Å². The van der Waals surface area contributed by atoms with Gasteiger partial charge in [-0.2, -0.15) is 15.8 Å². The molecule has 9 heteroatoms. The molecule has 9 nitrogen and oxygen atoms in total. The summed E-state index contributed by atoms with van der Waals surface area (Å²) in [6, 6.07) is 85.6. The third-order valence-electron chi connectivity index (χ3n) is 17.3. The van der Waals surface area contributed by atoms with Crippen molar-refractivity contribution < 1.29 is 13.3 Å². The number of nitrogens with zero attached hydrogens (tertiary/aromatic N) is 6. The van der Waals surface area contributed by atoms with Gasteiger partial charge >= 0.3 is 0 Å². The third kappa shape index (κ3) is 6.02. The number of nitriles is 3. The molecule has 0 bridgehead atoms. The van der Waals surface area contributed by atoms with E-state index < -0.39 is 0 Å². The molecule has 0 saturated carbocycles. The zero-order valence-electron chi connectivity index (χ0n) is 44.3. The second kappa shape index (κ2) is 17.0. The second-order valence-corrected chi connectivity index (χ2v) is 21.5. The van der Waals surface area contributed by atoms with Crippen molar-refractivity contribution in [2.45, 2.75) is 0 Å². The summed E-state index contributed by atoms with van der Waals surface area (Å²) in [5.41, 5.74) is 15.4. The Morgan fingerprint density at radius 3 is 0.964 bits per heavy atom. The van der Waals surface area contributed by atoms with Crippen LogP contribution >= 0.6 is 0 Å². The van der Waals surface area contributed by atoms with Crippen LogP contribution in [-0.2, 0) is 0 Å². The van der Waals surface area contributed by atoms with E-state index in [2.05, 4.69) is 159 Å². The van der Waals surface area contributed by atoms with E-state index in [4.69, 9.17) is 13.3 Å². The quantitative estimate of drug-likeness (QED) is 0.169. The summed E-state index contributed by atoms with van der Waals surface area (Å²) in [4.78, 5) is 0. The largest absolute Gasteiger partial charge is 0.455 e. The molecule has 0 amide bonds. The third-order valence-corrected chi connectivity index (χ3v) is 17.3. The zero-order chi connectivity index (χ0) is 55.5. The first-order valence-electron chi connectivity index (χ1n) is 27.7. The van der Waals surface area contributed by atoms with Crippen molar-refractivity contribution in [3.63, 3.8) is 0 Å². The molecule has 0 saturated heterocycles. The van der Waals surface area contributed by atoms with Crippen LogP contribution in [0.25, 0.3) is 171 Å². The van der Waals surface area contributed by atoms with Crippen LogP contribution in [0.15, 0.2) is 244 Å². The Kier molecular flexibility index (Phi) is 9.24. The Balaban J connectivity index is 1.17. The van der Waals surface area contributed by atoms with Gasteiger partial charge in [-0.1, -0.05) is 133 Å². The van der Waals surface area contributed by atoms with Crippen LogP contribution in [0.4, 0.5) is 0 Å². The van der Waals surface area contributed by atoms with Gasteiger partial charge in [0.25, 0.3) is 0 Å². The van der Waals surface area contributed by atoms with E-state index in [1.54, 1.807) is 12.1 Å².